The molecule has 0 fully saturated rings. The van der Waals surface area contributed by atoms with Crippen molar-refractivity contribution in [3.63, 3.8) is 0 Å². The van der Waals surface area contributed by atoms with Crippen molar-refractivity contribution in [2.75, 3.05) is 14.1 Å². The summed E-state index contributed by atoms with van der Waals surface area (Å²) in [7, 11) is 3.20. The van der Waals surface area contributed by atoms with E-state index in [0.717, 1.165) is 0 Å². The van der Waals surface area contributed by atoms with Crippen molar-refractivity contribution in [1.82, 2.24) is 4.90 Å². The van der Waals surface area contributed by atoms with E-state index in [4.69, 9.17) is 4.74 Å². The van der Waals surface area contributed by atoms with Crippen LogP contribution in [0.3, 0.4) is 0 Å². The molecule has 0 saturated carbocycles. The molecule has 0 spiro atoms. The van der Waals surface area contributed by atoms with Crippen LogP contribution >= 0.6 is 0 Å². The summed E-state index contributed by atoms with van der Waals surface area (Å²) in [5.74, 6) is -0.0623. The minimum Gasteiger partial charge on any atom is -0.442 e. The Morgan fingerprint density at radius 1 is 1.38 bits per heavy atom. The van der Waals surface area contributed by atoms with E-state index in [1.165, 1.54) is 17.9 Å². The van der Waals surface area contributed by atoms with Gasteiger partial charge in [0.15, 0.2) is 5.78 Å². The van der Waals surface area contributed by atoms with Crippen LogP contribution in [0.5, 0.6) is 0 Å². The fraction of sp³-hybridized carbons (Fsp3) is 0.556. The Morgan fingerprint density at radius 3 is 2.31 bits per heavy atom. The molecular weight excluding hydrogens is 170 g/mol. The maximum atomic E-state index is 11.0. The molecule has 1 amide bonds. The van der Waals surface area contributed by atoms with Gasteiger partial charge in [-0.15, -0.1) is 0 Å². The van der Waals surface area contributed by atoms with E-state index < -0.39 is 6.09 Å². The van der Waals surface area contributed by atoms with E-state index in [0.29, 0.717) is 0 Å². The third kappa shape index (κ3) is 5.90. The molecular formula is C9H15NO3. The van der Waals surface area contributed by atoms with Gasteiger partial charge < -0.3 is 9.64 Å². The molecule has 4 heteroatoms. The van der Waals surface area contributed by atoms with Crippen molar-refractivity contribution in [3.8, 4) is 0 Å². The smallest absolute Gasteiger partial charge is 0.409 e. The number of carbonyl (C=O) groups is 2. The molecule has 0 aliphatic carbocycles. The maximum Gasteiger partial charge on any atom is 0.409 e. The number of hydrogen-bond acceptors (Lipinski definition) is 3. The standard InChI is InChI=1S/C9H15NO3/c1-7(11)5-6-8(2)13-9(12)10(3)4/h5-6,8H,1-4H3/b6-5-/t8-/m0/s1. The van der Waals surface area contributed by atoms with Crippen LogP contribution in [0.4, 0.5) is 4.79 Å². The predicted octanol–water partition coefficient (Wildman–Crippen LogP) is 1.22. The van der Waals surface area contributed by atoms with Crippen molar-refractivity contribution >= 4 is 11.9 Å². The fourth-order valence-electron chi connectivity index (χ4n) is 0.575. The monoisotopic (exact) mass is 185 g/mol. The summed E-state index contributed by atoms with van der Waals surface area (Å²) in [5, 5.41) is 0. The SMILES string of the molecule is CC(=O)/C=C\[C@H](C)OC(=O)N(C)C. The largest absolute Gasteiger partial charge is 0.442 e. The van der Waals surface area contributed by atoms with Gasteiger partial charge in [-0.2, -0.15) is 0 Å². The summed E-state index contributed by atoms with van der Waals surface area (Å²) in [5.41, 5.74) is 0. The van der Waals surface area contributed by atoms with E-state index >= 15 is 0 Å². The first-order valence-corrected chi connectivity index (χ1v) is 4.00. The van der Waals surface area contributed by atoms with Crippen molar-refractivity contribution in [2.45, 2.75) is 20.0 Å². The Balaban J connectivity index is 3.94. The lowest BCUT2D eigenvalue weighted by Gasteiger charge is -2.13. The number of hydrogen-bond donors (Lipinski definition) is 0. The van der Waals surface area contributed by atoms with Gasteiger partial charge in [0.2, 0.25) is 0 Å². The zero-order chi connectivity index (χ0) is 10.4. The van der Waals surface area contributed by atoms with Crippen LogP contribution in [-0.2, 0) is 9.53 Å². The molecule has 0 N–H and O–H groups in total. The Hall–Kier alpha value is -1.32. The highest BCUT2D eigenvalue weighted by Crippen LogP contribution is 1.96. The molecule has 4 nitrogen and oxygen atoms in total. The number of ether oxygens (including phenoxy) is 1. The van der Waals surface area contributed by atoms with Gasteiger partial charge in [0.25, 0.3) is 0 Å². The average Bonchev–Trinajstić information content (AvgIpc) is 2.00. The normalized spacial score (nSPS) is 12.6. The third-order valence-corrected chi connectivity index (χ3v) is 1.25. The Morgan fingerprint density at radius 2 is 1.92 bits per heavy atom. The summed E-state index contributed by atoms with van der Waals surface area (Å²) in [6.45, 7) is 3.14. The lowest BCUT2D eigenvalue weighted by atomic mass is 10.3. The maximum absolute atomic E-state index is 11.0. The Kier molecular flexibility index (Phi) is 4.80. The summed E-state index contributed by atoms with van der Waals surface area (Å²) >= 11 is 0. The van der Waals surface area contributed by atoms with Crippen LogP contribution in [0.15, 0.2) is 12.2 Å². The first-order valence-electron chi connectivity index (χ1n) is 4.00. The molecule has 0 aliphatic heterocycles. The molecule has 0 radical (unpaired) electrons. The quantitative estimate of drug-likeness (QED) is 0.621. The van der Waals surface area contributed by atoms with Crippen molar-refractivity contribution in [1.29, 1.82) is 0 Å². The molecule has 0 rings (SSSR count). The fourth-order valence-corrected chi connectivity index (χ4v) is 0.575. The number of ketones is 1. The summed E-state index contributed by atoms with van der Waals surface area (Å²) in [6, 6.07) is 0. The van der Waals surface area contributed by atoms with E-state index in [1.54, 1.807) is 27.1 Å². The molecule has 0 saturated heterocycles. The van der Waals surface area contributed by atoms with E-state index in [-0.39, 0.29) is 11.9 Å². The molecule has 0 aromatic carbocycles. The molecule has 0 aliphatic rings. The van der Waals surface area contributed by atoms with E-state index in [2.05, 4.69) is 0 Å². The molecule has 0 unspecified atom stereocenters. The molecule has 0 aromatic heterocycles. The van der Waals surface area contributed by atoms with Gasteiger partial charge in [-0.3, -0.25) is 4.79 Å². The second-order valence-electron chi connectivity index (χ2n) is 2.95. The topological polar surface area (TPSA) is 46.6 Å². The molecule has 0 heterocycles. The van der Waals surface area contributed by atoms with Gasteiger partial charge >= 0.3 is 6.09 Å². The number of amides is 1. The summed E-state index contributed by atoms with van der Waals surface area (Å²) in [4.78, 5) is 22.8. The summed E-state index contributed by atoms with van der Waals surface area (Å²) in [6.07, 6.45) is 2.14. The minimum atomic E-state index is -0.416. The van der Waals surface area contributed by atoms with Crippen LogP contribution in [-0.4, -0.2) is 37.0 Å². The predicted molar refractivity (Wildman–Crippen MR) is 49.5 cm³/mol. The van der Waals surface area contributed by atoms with Crippen LogP contribution in [0, 0.1) is 0 Å². The first kappa shape index (κ1) is 11.7. The zero-order valence-electron chi connectivity index (χ0n) is 8.40. The van der Waals surface area contributed by atoms with Gasteiger partial charge in [0.05, 0.1) is 0 Å². The van der Waals surface area contributed by atoms with E-state index in [9.17, 15) is 9.59 Å². The lowest BCUT2D eigenvalue weighted by molar-refractivity contribution is -0.112. The molecule has 0 bridgehead atoms. The van der Waals surface area contributed by atoms with Gasteiger partial charge in [0.1, 0.15) is 6.10 Å². The van der Waals surface area contributed by atoms with Crippen molar-refractivity contribution in [2.24, 2.45) is 0 Å². The minimum absolute atomic E-state index is 0.0623. The van der Waals surface area contributed by atoms with E-state index in [1.807, 2.05) is 0 Å². The zero-order valence-corrected chi connectivity index (χ0v) is 8.40. The number of nitrogens with zero attached hydrogens (tertiary/aromatic N) is 1. The van der Waals surface area contributed by atoms with Crippen molar-refractivity contribution in [3.05, 3.63) is 12.2 Å². The van der Waals surface area contributed by atoms with Crippen LogP contribution in [0.1, 0.15) is 13.8 Å². The third-order valence-electron chi connectivity index (χ3n) is 1.25. The first-order chi connectivity index (χ1) is 5.93. The second-order valence-corrected chi connectivity index (χ2v) is 2.95. The Labute approximate surface area is 78.2 Å². The number of allylic oxidation sites excluding steroid dienone is 1. The molecule has 74 valence electrons. The van der Waals surface area contributed by atoms with Crippen LogP contribution < -0.4 is 0 Å². The van der Waals surface area contributed by atoms with Crippen molar-refractivity contribution < 1.29 is 14.3 Å². The highest BCUT2D eigenvalue weighted by Gasteiger charge is 2.07. The highest BCUT2D eigenvalue weighted by molar-refractivity contribution is 5.87. The van der Waals surface area contributed by atoms with Gasteiger partial charge in [0, 0.05) is 14.1 Å². The highest BCUT2D eigenvalue weighted by atomic mass is 16.6. The van der Waals surface area contributed by atoms with Gasteiger partial charge in [-0.05, 0) is 26.0 Å². The lowest BCUT2D eigenvalue weighted by Crippen LogP contribution is -2.25. The number of carbonyl (C=O) groups excluding carboxylic acids is 2. The summed E-state index contributed by atoms with van der Waals surface area (Å²) < 4.78 is 4.91. The molecule has 0 aromatic rings. The van der Waals surface area contributed by atoms with Crippen LogP contribution in [0.25, 0.3) is 0 Å². The molecule has 1 atom stereocenters. The molecule has 13 heavy (non-hydrogen) atoms. The van der Waals surface area contributed by atoms with Gasteiger partial charge in [-0.25, -0.2) is 4.79 Å². The number of rotatable bonds is 3. The Bertz CT molecular complexity index is 221. The van der Waals surface area contributed by atoms with Gasteiger partial charge in [-0.1, -0.05) is 0 Å². The van der Waals surface area contributed by atoms with Crippen LogP contribution in [0.2, 0.25) is 0 Å². The average molecular weight is 185 g/mol. The second kappa shape index (κ2) is 5.35.